The van der Waals surface area contributed by atoms with Crippen LogP contribution in [-0.4, -0.2) is 16.1 Å². The van der Waals surface area contributed by atoms with E-state index in [1.165, 1.54) is 6.07 Å². The SMILES string of the molecule is CCCNC(c1cccc(F)c1Cl)c1nccn1CC. The van der Waals surface area contributed by atoms with Crippen LogP contribution in [0.15, 0.2) is 30.6 Å². The second-order valence-electron chi connectivity index (χ2n) is 4.60. The number of aromatic nitrogens is 2. The molecular formula is C15H19ClFN3. The third kappa shape index (κ3) is 3.02. The molecule has 3 nitrogen and oxygen atoms in total. The summed E-state index contributed by atoms with van der Waals surface area (Å²) < 4.78 is 15.7. The van der Waals surface area contributed by atoms with E-state index in [9.17, 15) is 4.39 Å². The summed E-state index contributed by atoms with van der Waals surface area (Å²) in [6.07, 6.45) is 4.66. The maximum atomic E-state index is 13.7. The summed E-state index contributed by atoms with van der Waals surface area (Å²) in [7, 11) is 0. The molecule has 0 saturated carbocycles. The molecule has 1 N–H and O–H groups in total. The molecule has 0 amide bonds. The van der Waals surface area contributed by atoms with Crippen molar-refractivity contribution in [1.29, 1.82) is 0 Å². The van der Waals surface area contributed by atoms with E-state index < -0.39 is 5.82 Å². The number of aryl methyl sites for hydroxylation is 1. The Morgan fingerprint density at radius 1 is 1.40 bits per heavy atom. The lowest BCUT2D eigenvalue weighted by Gasteiger charge is -2.21. The van der Waals surface area contributed by atoms with Crippen LogP contribution < -0.4 is 5.32 Å². The first-order valence-electron chi connectivity index (χ1n) is 6.87. The summed E-state index contributed by atoms with van der Waals surface area (Å²) in [4.78, 5) is 4.41. The van der Waals surface area contributed by atoms with E-state index in [0.29, 0.717) is 0 Å². The minimum absolute atomic E-state index is 0.159. The molecular weight excluding hydrogens is 277 g/mol. The average Bonchev–Trinajstić information content (AvgIpc) is 2.92. The number of nitrogens with one attached hydrogen (secondary N) is 1. The highest BCUT2D eigenvalue weighted by Gasteiger charge is 2.22. The molecule has 0 saturated heterocycles. The van der Waals surface area contributed by atoms with Crippen LogP contribution in [-0.2, 0) is 6.54 Å². The van der Waals surface area contributed by atoms with Crippen molar-refractivity contribution in [2.75, 3.05) is 6.54 Å². The van der Waals surface area contributed by atoms with E-state index in [0.717, 1.165) is 30.9 Å². The largest absolute Gasteiger partial charge is 0.334 e. The summed E-state index contributed by atoms with van der Waals surface area (Å²) >= 11 is 6.13. The molecule has 0 bridgehead atoms. The lowest BCUT2D eigenvalue weighted by molar-refractivity contribution is 0.537. The van der Waals surface area contributed by atoms with Crippen LogP contribution in [0.1, 0.15) is 37.7 Å². The molecule has 108 valence electrons. The number of benzene rings is 1. The van der Waals surface area contributed by atoms with Crippen molar-refractivity contribution >= 4 is 11.6 Å². The monoisotopic (exact) mass is 295 g/mol. The first-order valence-corrected chi connectivity index (χ1v) is 7.25. The van der Waals surface area contributed by atoms with Crippen LogP contribution in [0.2, 0.25) is 5.02 Å². The highest BCUT2D eigenvalue weighted by Crippen LogP contribution is 2.29. The zero-order valence-corrected chi connectivity index (χ0v) is 12.5. The number of imidazole rings is 1. The van der Waals surface area contributed by atoms with E-state index in [4.69, 9.17) is 11.6 Å². The molecule has 20 heavy (non-hydrogen) atoms. The Morgan fingerprint density at radius 2 is 2.20 bits per heavy atom. The Bertz CT molecular complexity index is 568. The van der Waals surface area contributed by atoms with Gasteiger partial charge in [0.2, 0.25) is 0 Å². The summed E-state index contributed by atoms with van der Waals surface area (Å²) in [5.41, 5.74) is 0.723. The zero-order chi connectivity index (χ0) is 14.5. The molecule has 0 aliphatic rings. The Morgan fingerprint density at radius 3 is 2.90 bits per heavy atom. The van der Waals surface area contributed by atoms with E-state index >= 15 is 0 Å². The predicted molar refractivity (Wildman–Crippen MR) is 79.4 cm³/mol. The van der Waals surface area contributed by atoms with Gasteiger partial charge in [-0.2, -0.15) is 0 Å². The Hall–Kier alpha value is -1.39. The van der Waals surface area contributed by atoms with Gasteiger partial charge in [-0.15, -0.1) is 0 Å². The Labute approximate surface area is 123 Å². The van der Waals surface area contributed by atoms with E-state index in [-0.39, 0.29) is 11.1 Å². The summed E-state index contributed by atoms with van der Waals surface area (Å²) in [6, 6.07) is 4.69. The highest BCUT2D eigenvalue weighted by atomic mass is 35.5. The molecule has 1 atom stereocenters. The molecule has 1 unspecified atom stereocenters. The fourth-order valence-corrected chi connectivity index (χ4v) is 2.46. The third-order valence-electron chi connectivity index (χ3n) is 3.24. The summed E-state index contributed by atoms with van der Waals surface area (Å²) in [5.74, 6) is 0.454. The van der Waals surface area contributed by atoms with Gasteiger partial charge in [0.1, 0.15) is 11.6 Å². The second kappa shape index (κ2) is 6.86. The molecule has 0 spiro atoms. The van der Waals surface area contributed by atoms with Gasteiger partial charge in [-0.05, 0) is 31.5 Å². The fraction of sp³-hybridized carbons (Fsp3) is 0.400. The van der Waals surface area contributed by atoms with Gasteiger partial charge in [-0.3, -0.25) is 0 Å². The molecule has 0 aliphatic heterocycles. The lowest BCUT2D eigenvalue weighted by atomic mass is 10.1. The smallest absolute Gasteiger partial charge is 0.142 e. The van der Waals surface area contributed by atoms with Crippen molar-refractivity contribution in [3.8, 4) is 0 Å². The Kier molecular flexibility index (Phi) is 5.15. The van der Waals surface area contributed by atoms with Gasteiger partial charge in [-0.25, -0.2) is 9.37 Å². The summed E-state index contributed by atoms with van der Waals surface area (Å²) in [5, 5.41) is 3.56. The maximum absolute atomic E-state index is 13.7. The van der Waals surface area contributed by atoms with Crippen LogP contribution in [0.3, 0.4) is 0 Å². The van der Waals surface area contributed by atoms with E-state index in [1.807, 2.05) is 16.8 Å². The van der Waals surface area contributed by atoms with Crippen LogP contribution in [0, 0.1) is 5.82 Å². The van der Waals surface area contributed by atoms with Gasteiger partial charge in [0.05, 0.1) is 11.1 Å². The molecule has 1 heterocycles. The van der Waals surface area contributed by atoms with Crippen LogP contribution in [0.4, 0.5) is 4.39 Å². The first kappa shape index (κ1) is 15.0. The van der Waals surface area contributed by atoms with Crippen LogP contribution in [0.25, 0.3) is 0 Å². The predicted octanol–water partition coefficient (Wildman–Crippen LogP) is 3.78. The van der Waals surface area contributed by atoms with Gasteiger partial charge in [-0.1, -0.05) is 30.7 Å². The molecule has 0 aliphatic carbocycles. The van der Waals surface area contributed by atoms with Gasteiger partial charge in [0.15, 0.2) is 0 Å². The molecule has 1 aromatic heterocycles. The van der Waals surface area contributed by atoms with Gasteiger partial charge in [0, 0.05) is 18.9 Å². The number of nitrogens with zero attached hydrogens (tertiary/aromatic N) is 2. The lowest BCUT2D eigenvalue weighted by Crippen LogP contribution is -2.26. The van der Waals surface area contributed by atoms with Crippen molar-refractivity contribution in [1.82, 2.24) is 14.9 Å². The van der Waals surface area contributed by atoms with Crippen molar-refractivity contribution in [2.45, 2.75) is 32.9 Å². The number of halogens is 2. The second-order valence-corrected chi connectivity index (χ2v) is 4.98. The number of rotatable bonds is 6. The molecule has 2 rings (SSSR count). The van der Waals surface area contributed by atoms with Crippen LogP contribution >= 0.6 is 11.6 Å². The van der Waals surface area contributed by atoms with Gasteiger partial charge in [0.25, 0.3) is 0 Å². The average molecular weight is 296 g/mol. The van der Waals surface area contributed by atoms with Crippen molar-refractivity contribution in [3.63, 3.8) is 0 Å². The van der Waals surface area contributed by atoms with E-state index in [2.05, 4.69) is 24.1 Å². The Balaban J connectivity index is 2.44. The van der Waals surface area contributed by atoms with Crippen molar-refractivity contribution in [3.05, 3.63) is 52.8 Å². The molecule has 0 radical (unpaired) electrons. The van der Waals surface area contributed by atoms with Crippen molar-refractivity contribution < 1.29 is 4.39 Å². The zero-order valence-electron chi connectivity index (χ0n) is 11.7. The molecule has 0 fully saturated rings. The number of hydrogen-bond donors (Lipinski definition) is 1. The normalized spacial score (nSPS) is 12.6. The van der Waals surface area contributed by atoms with Crippen molar-refractivity contribution in [2.24, 2.45) is 0 Å². The minimum atomic E-state index is -0.401. The van der Waals surface area contributed by atoms with Gasteiger partial charge < -0.3 is 9.88 Å². The molecule has 1 aromatic carbocycles. The third-order valence-corrected chi connectivity index (χ3v) is 3.64. The first-order chi connectivity index (χ1) is 9.69. The molecule has 5 heteroatoms. The quantitative estimate of drug-likeness (QED) is 0.879. The topological polar surface area (TPSA) is 29.9 Å². The summed E-state index contributed by atoms with van der Waals surface area (Å²) in [6.45, 7) is 5.76. The fourth-order valence-electron chi connectivity index (χ4n) is 2.22. The van der Waals surface area contributed by atoms with Gasteiger partial charge >= 0.3 is 0 Å². The number of hydrogen-bond acceptors (Lipinski definition) is 2. The van der Waals surface area contributed by atoms with Crippen LogP contribution in [0.5, 0.6) is 0 Å². The van der Waals surface area contributed by atoms with E-state index in [1.54, 1.807) is 12.3 Å². The minimum Gasteiger partial charge on any atom is -0.334 e. The molecule has 2 aromatic rings. The highest BCUT2D eigenvalue weighted by molar-refractivity contribution is 6.31. The standard InChI is InChI=1S/C15H19ClFN3/c1-3-8-18-14(15-19-9-10-20(15)4-2)11-6-5-7-12(17)13(11)16/h5-7,9-10,14,18H,3-4,8H2,1-2H3. The maximum Gasteiger partial charge on any atom is 0.142 e.